The van der Waals surface area contributed by atoms with Crippen LogP contribution in [0.15, 0.2) is 30.7 Å². The highest BCUT2D eigenvalue weighted by molar-refractivity contribution is 5.61. The van der Waals surface area contributed by atoms with Crippen LogP contribution < -0.4 is 5.73 Å². The topological polar surface area (TPSA) is 77.0 Å². The Labute approximate surface area is 106 Å². The lowest BCUT2D eigenvalue weighted by molar-refractivity contribution is 0.0577. The van der Waals surface area contributed by atoms with Gasteiger partial charge in [-0.25, -0.2) is 0 Å². The molecule has 0 aliphatic rings. The van der Waals surface area contributed by atoms with Crippen LogP contribution >= 0.6 is 0 Å². The fraction of sp³-hybridized carbons (Fsp3) is 0.385. The zero-order valence-electron chi connectivity index (χ0n) is 10.7. The van der Waals surface area contributed by atoms with Gasteiger partial charge < -0.3 is 10.8 Å². The van der Waals surface area contributed by atoms with E-state index in [0.29, 0.717) is 13.1 Å². The Kier molecular flexibility index (Phi) is 3.45. The first-order valence-corrected chi connectivity index (χ1v) is 5.89. The Morgan fingerprint density at radius 2 is 2.22 bits per heavy atom. The summed E-state index contributed by atoms with van der Waals surface area (Å²) < 4.78 is 1.71. The molecule has 0 atom stereocenters. The molecule has 96 valence electrons. The maximum Gasteiger partial charge on any atom is 0.0786 e. The van der Waals surface area contributed by atoms with Crippen molar-refractivity contribution in [3.63, 3.8) is 0 Å². The van der Waals surface area contributed by atoms with Crippen LogP contribution in [-0.4, -0.2) is 25.5 Å². The highest BCUT2D eigenvalue weighted by atomic mass is 16.3. The fourth-order valence-electron chi connectivity index (χ4n) is 1.83. The third-order valence-electron chi connectivity index (χ3n) is 2.57. The lowest BCUT2D eigenvalue weighted by Crippen LogP contribution is -2.26. The average Bonchev–Trinajstić information content (AvgIpc) is 2.75. The second-order valence-corrected chi connectivity index (χ2v) is 4.95. The summed E-state index contributed by atoms with van der Waals surface area (Å²) >= 11 is 0. The molecule has 0 saturated carbocycles. The van der Waals surface area contributed by atoms with E-state index in [1.807, 2.05) is 18.3 Å². The fourth-order valence-corrected chi connectivity index (χ4v) is 1.83. The summed E-state index contributed by atoms with van der Waals surface area (Å²) in [6, 6.07) is 3.82. The van der Waals surface area contributed by atoms with Gasteiger partial charge in [0, 0.05) is 24.5 Å². The van der Waals surface area contributed by atoms with Crippen molar-refractivity contribution < 1.29 is 5.11 Å². The quantitative estimate of drug-likeness (QED) is 0.849. The van der Waals surface area contributed by atoms with E-state index >= 15 is 0 Å². The van der Waals surface area contributed by atoms with Gasteiger partial charge in [0.1, 0.15) is 0 Å². The van der Waals surface area contributed by atoms with E-state index in [0.717, 1.165) is 16.8 Å². The number of rotatable bonds is 4. The van der Waals surface area contributed by atoms with Gasteiger partial charge >= 0.3 is 0 Å². The summed E-state index contributed by atoms with van der Waals surface area (Å²) in [6.45, 7) is 4.39. The molecule has 0 unspecified atom stereocenters. The monoisotopic (exact) mass is 246 g/mol. The number of nitrogens with two attached hydrogens (primary N) is 1. The molecule has 3 N–H and O–H groups in total. The number of hydrogen-bond acceptors (Lipinski definition) is 4. The van der Waals surface area contributed by atoms with E-state index in [9.17, 15) is 5.11 Å². The van der Waals surface area contributed by atoms with Crippen LogP contribution in [0.5, 0.6) is 0 Å². The molecule has 0 spiro atoms. The predicted molar refractivity (Wildman–Crippen MR) is 69.6 cm³/mol. The Hall–Kier alpha value is -1.72. The zero-order chi connectivity index (χ0) is 13.2. The van der Waals surface area contributed by atoms with E-state index < -0.39 is 5.60 Å². The summed E-state index contributed by atoms with van der Waals surface area (Å²) in [7, 11) is 0. The van der Waals surface area contributed by atoms with E-state index in [2.05, 4.69) is 10.1 Å². The minimum Gasteiger partial charge on any atom is -0.389 e. The average molecular weight is 246 g/mol. The third kappa shape index (κ3) is 2.94. The molecule has 0 aliphatic carbocycles. The molecule has 0 radical (unpaired) electrons. The Balaban J connectivity index is 2.29. The predicted octanol–water partition coefficient (Wildman–Crippen LogP) is 1.17. The van der Waals surface area contributed by atoms with Gasteiger partial charge in [0.2, 0.25) is 0 Å². The van der Waals surface area contributed by atoms with Crippen molar-refractivity contribution in [1.29, 1.82) is 0 Å². The lowest BCUT2D eigenvalue weighted by atomic mass is 10.1. The van der Waals surface area contributed by atoms with Gasteiger partial charge in [-0.2, -0.15) is 5.10 Å². The van der Waals surface area contributed by atoms with Crippen molar-refractivity contribution >= 4 is 0 Å². The van der Waals surface area contributed by atoms with Crippen molar-refractivity contribution in [2.24, 2.45) is 5.73 Å². The summed E-state index contributed by atoms with van der Waals surface area (Å²) in [4.78, 5) is 4.33. The molecular weight excluding hydrogens is 228 g/mol. The molecule has 0 bridgehead atoms. The number of aliphatic hydroxyl groups is 1. The molecule has 0 aromatic carbocycles. The second-order valence-electron chi connectivity index (χ2n) is 4.95. The lowest BCUT2D eigenvalue weighted by Gasteiger charge is -2.16. The van der Waals surface area contributed by atoms with E-state index in [-0.39, 0.29) is 0 Å². The number of aromatic nitrogens is 3. The van der Waals surface area contributed by atoms with Gasteiger partial charge in [-0.05, 0) is 25.5 Å². The van der Waals surface area contributed by atoms with Gasteiger partial charge in [-0.3, -0.25) is 9.67 Å². The standard InChI is InChI=1S/C13H18N4O/c1-13(2,18)9-17-8-11(7-16-17)12-10(6-14)4-3-5-15-12/h3-5,7-8,18H,6,9,14H2,1-2H3. The van der Waals surface area contributed by atoms with Crippen molar-refractivity contribution in [3.05, 3.63) is 36.3 Å². The number of nitrogens with zero attached hydrogens (tertiary/aromatic N) is 3. The summed E-state index contributed by atoms with van der Waals surface area (Å²) in [5, 5.41) is 14.0. The first-order chi connectivity index (χ1) is 8.49. The van der Waals surface area contributed by atoms with E-state index in [1.54, 1.807) is 30.9 Å². The molecule has 2 heterocycles. The van der Waals surface area contributed by atoms with E-state index in [1.165, 1.54) is 0 Å². The Morgan fingerprint density at radius 3 is 2.89 bits per heavy atom. The number of pyridine rings is 1. The highest BCUT2D eigenvalue weighted by Gasteiger charge is 2.15. The van der Waals surface area contributed by atoms with Crippen molar-refractivity contribution in [1.82, 2.24) is 14.8 Å². The van der Waals surface area contributed by atoms with Crippen molar-refractivity contribution in [2.45, 2.75) is 32.5 Å². The third-order valence-corrected chi connectivity index (χ3v) is 2.57. The van der Waals surface area contributed by atoms with Crippen molar-refractivity contribution in [3.8, 4) is 11.3 Å². The maximum absolute atomic E-state index is 9.76. The molecule has 0 fully saturated rings. The van der Waals surface area contributed by atoms with Crippen LogP contribution in [0.3, 0.4) is 0 Å². The minimum absolute atomic E-state index is 0.442. The summed E-state index contributed by atoms with van der Waals surface area (Å²) in [5.74, 6) is 0. The Bertz CT molecular complexity index is 528. The maximum atomic E-state index is 9.76. The van der Waals surface area contributed by atoms with Crippen molar-refractivity contribution in [2.75, 3.05) is 0 Å². The smallest absolute Gasteiger partial charge is 0.0786 e. The van der Waals surface area contributed by atoms with Gasteiger partial charge in [-0.1, -0.05) is 6.07 Å². The SMILES string of the molecule is CC(C)(O)Cn1cc(-c2ncccc2CN)cn1. The highest BCUT2D eigenvalue weighted by Crippen LogP contribution is 2.20. The van der Waals surface area contributed by atoms with Crippen LogP contribution in [0.25, 0.3) is 11.3 Å². The zero-order valence-corrected chi connectivity index (χ0v) is 10.7. The molecule has 2 aromatic rings. The van der Waals surface area contributed by atoms with Gasteiger partial charge in [0.25, 0.3) is 0 Å². The molecule has 0 amide bonds. The molecular formula is C13H18N4O. The minimum atomic E-state index is -0.788. The molecule has 18 heavy (non-hydrogen) atoms. The largest absolute Gasteiger partial charge is 0.389 e. The summed E-state index contributed by atoms with van der Waals surface area (Å²) in [5.41, 5.74) is 7.65. The van der Waals surface area contributed by atoms with E-state index in [4.69, 9.17) is 5.73 Å². The molecule has 0 aliphatic heterocycles. The molecule has 5 heteroatoms. The molecule has 0 saturated heterocycles. The molecule has 5 nitrogen and oxygen atoms in total. The van der Waals surface area contributed by atoms with Gasteiger partial charge in [-0.15, -0.1) is 0 Å². The molecule has 2 aromatic heterocycles. The van der Waals surface area contributed by atoms with Crippen LogP contribution in [0.2, 0.25) is 0 Å². The van der Waals surface area contributed by atoms with Crippen LogP contribution in [0.1, 0.15) is 19.4 Å². The Morgan fingerprint density at radius 1 is 1.44 bits per heavy atom. The van der Waals surface area contributed by atoms with Crippen LogP contribution in [0, 0.1) is 0 Å². The molecule has 2 rings (SSSR count). The number of hydrogen-bond donors (Lipinski definition) is 2. The first kappa shape index (κ1) is 12.7. The van der Waals surface area contributed by atoms with Gasteiger partial charge in [0.15, 0.2) is 0 Å². The van der Waals surface area contributed by atoms with Crippen LogP contribution in [-0.2, 0) is 13.1 Å². The van der Waals surface area contributed by atoms with Gasteiger partial charge in [0.05, 0.1) is 24.0 Å². The van der Waals surface area contributed by atoms with Crippen LogP contribution in [0.4, 0.5) is 0 Å². The second kappa shape index (κ2) is 4.88. The summed E-state index contributed by atoms with van der Waals surface area (Å²) in [6.07, 6.45) is 5.36. The normalized spacial score (nSPS) is 11.8. The first-order valence-electron chi connectivity index (χ1n) is 5.89.